The quantitative estimate of drug-likeness (QED) is 0.367. The number of nitrogens with zero attached hydrogens (tertiary/aromatic N) is 3. The summed E-state index contributed by atoms with van der Waals surface area (Å²) in [6, 6.07) is 6.93. The molecule has 0 atom stereocenters. The zero-order valence-corrected chi connectivity index (χ0v) is 16.9. The number of rotatable bonds is 4. The van der Waals surface area contributed by atoms with Crippen LogP contribution in [0.15, 0.2) is 30.3 Å². The molecule has 4 aromatic rings. The van der Waals surface area contributed by atoms with Gasteiger partial charge < -0.3 is 5.32 Å². The zero-order valence-electron chi connectivity index (χ0n) is 15.3. The topological polar surface area (TPSA) is 42.2 Å². The maximum absolute atomic E-state index is 14.3. The third-order valence-corrected chi connectivity index (χ3v) is 5.73. The van der Waals surface area contributed by atoms with E-state index in [4.69, 9.17) is 11.6 Å². The summed E-state index contributed by atoms with van der Waals surface area (Å²) in [6.45, 7) is 3.80. The fourth-order valence-corrected chi connectivity index (χ4v) is 4.35. The Balaban J connectivity index is 1.75. The Hall–Kier alpha value is -2.39. The van der Waals surface area contributed by atoms with E-state index in [1.165, 1.54) is 23.5 Å². The summed E-state index contributed by atoms with van der Waals surface area (Å²) < 4.78 is 56.6. The molecule has 0 saturated heterocycles. The van der Waals surface area contributed by atoms with Gasteiger partial charge in [-0.05, 0) is 18.2 Å². The number of thiophene rings is 1. The van der Waals surface area contributed by atoms with Crippen molar-refractivity contribution in [1.29, 1.82) is 0 Å². The molecule has 0 spiro atoms. The number of aromatic nitrogens is 3. The number of fused-ring (bicyclic) bond motifs is 3. The van der Waals surface area contributed by atoms with Gasteiger partial charge in [-0.25, -0.2) is 4.39 Å². The molecule has 29 heavy (non-hydrogen) atoms. The molecular weight excluding hydrogens is 428 g/mol. The minimum absolute atomic E-state index is 0.0780. The van der Waals surface area contributed by atoms with E-state index in [1.54, 1.807) is 0 Å². The molecule has 0 aliphatic heterocycles. The summed E-state index contributed by atoms with van der Waals surface area (Å²) in [5.74, 6) is -0.140. The Morgan fingerprint density at radius 2 is 1.93 bits per heavy atom. The third-order valence-electron chi connectivity index (χ3n) is 4.53. The van der Waals surface area contributed by atoms with Gasteiger partial charge in [0.15, 0.2) is 5.82 Å². The van der Waals surface area contributed by atoms with Crippen molar-refractivity contribution >= 4 is 44.5 Å². The van der Waals surface area contributed by atoms with Crippen LogP contribution in [0.4, 0.5) is 23.4 Å². The second kappa shape index (κ2) is 7.14. The zero-order chi connectivity index (χ0) is 20.9. The lowest BCUT2D eigenvalue weighted by atomic mass is 10.1. The van der Waals surface area contributed by atoms with Crippen LogP contribution in [0.1, 0.15) is 36.7 Å². The highest BCUT2D eigenvalue weighted by Crippen LogP contribution is 2.36. The summed E-state index contributed by atoms with van der Waals surface area (Å²) in [4.78, 5) is 0. The Morgan fingerprint density at radius 3 is 2.62 bits per heavy atom. The van der Waals surface area contributed by atoms with Crippen LogP contribution in [0.5, 0.6) is 0 Å². The molecule has 3 aromatic heterocycles. The van der Waals surface area contributed by atoms with Crippen molar-refractivity contribution in [3.05, 3.63) is 57.4 Å². The first-order valence-corrected chi connectivity index (χ1v) is 9.91. The molecule has 0 aliphatic carbocycles. The van der Waals surface area contributed by atoms with Gasteiger partial charge in [0.2, 0.25) is 0 Å². The first kappa shape index (κ1) is 19.9. The molecule has 0 unspecified atom stereocenters. The van der Waals surface area contributed by atoms with Gasteiger partial charge in [-0.1, -0.05) is 37.6 Å². The van der Waals surface area contributed by atoms with Crippen LogP contribution in [-0.2, 0) is 12.7 Å². The van der Waals surface area contributed by atoms with Gasteiger partial charge in [0, 0.05) is 18.0 Å². The molecule has 0 fully saturated rings. The number of anilines is 1. The van der Waals surface area contributed by atoms with Gasteiger partial charge >= 0.3 is 6.18 Å². The van der Waals surface area contributed by atoms with E-state index in [9.17, 15) is 17.6 Å². The summed E-state index contributed by atoms with van der Waals surface area (Å²) in [5, 5.41) is 11.4. The number of halogens is 5. The lowest BCUT2D eigenvalue weighted by molar-refractivity contribution is -0.140. The normalized spacial score (nSPS) is 12.4. The molecule has 3 heterocycles. The highest BCUT2D eigenvalue weighted by atomic mass is 35.5. The fourth-order valence-electron chi connectivity index (χ4n) is 3.19. The van der Waals surface area contributed by atoms with Crippen molar-refractivity contribution in [2.75, 3.05) is 5.32 Å². The van der Waals surface area contributed by atoms with Crippen LogP contribution >= 0.6 is 22.9 Å². The van der Waals surface area contributed by atoms with Crippen LogP contribution in [-0.4, -0.2) is 14.6 Å². The van der Waals surface area contributed by atoms with E-state index < -0.39 is 17.6 Å². The molecule has 1 aromatic carbocycles. The van der Waals surface area contributed by atoms with Gasteiger partial charge in [0.05, 0.1) is 25.6 Å². The van der Waals surface area contributed by atoms with Crippen LogP contribution in [0.3, 0.4) is 0 Å². The maximum Gasteiger partial charge on any atom is 0.419 e. The summed E-state index contributed by atoms with van der Waals surface area (Å²) in [7, 11) is 0. The van der Waals surface area contributed by atoms with Crippen molar-refractivity contribution in [3.8, 4) is 0 Å². The van der Waals surface area contributed by atoms with E-state index in [0.717, 1.165) is 22.1 Å². The molecule has 4 rings (SSSR count). The Bertz CT molecular complexity index is 1210. The van der Waals surface area contributed by atoms with E-state index >= 15 is 0 Å². The van der Waals surface area contributed by atoms with E-state index in [0.29, 0.717) is 15.7 Å². The largest absolute Gasteiger partial charge is 0.419 e. The van der Waals surface area contributed by atoms with E-state index in [1.807, 2.05) is 30.4 Å². The van der Waals surface area contributed by atoms with Crippen LogP contribution in [0.25, 0.3) is 15.7 Å². The maximum atomic E-state index is 14.3. The fraction of sp³-hybridized carbons (Fsp3) is 0.263. The minimum Gasteiger partial charge on any atom is -0.363 e. The van der Waals surface area contributed by atoms with Gasteiger partial charge in [0.25, 0.3) is 0 Å². The number of nitrogens with one attached hydrogen (secondary N) is 1. The van der Waals surface area contributed by atoms with Gasteiger partial charge in [-0.3, -0.25) is 4.40 Å². The molecular formula is C19H15ClF4N4S. The molecule has 0 amide bonds. The van der Waals surface area contributed by atoms with Crippen molar-refractivity contribution in [1.82, 2.24) is 14.6 Å². The molecule has 0 radical (unpaired) electrons. The molecule has 0 aliphatic rings. The summed E-state index contributed by atoms with van der Waals surface area (Å²) in [6.07, 6.45) is -4.75. The highest BCUT2D eigenvalue weighted by molar-refractivity contribution is 7.22. The lowest BCUT2D eigenvalue weighted by Gasteiger charge is -2.14. The Labute approximate surface area is 172 Å². The van der Waals surface area contributed by atoms with E-state index in [2.05, 4.69) is 15.5 Å². The molecule has 0 bridgehead atoms. The van der Waals surface area contributed by atoms with Crippen LogP contribution < -0.4 is 5.32 Å². The van der Waals surface area contributed by atoms with Gasteiger partial charge in [-0.2, -0.15) is 13.2 Å². The Kier molecular flexibility index (Phi) is 4.90. The second-order valence-electron chi connectivity index (χ2n) is 6.86. The predicted octanol–water partition coefficient (Wildman–Crippen LogP) is 6.49. The van der Waals surface area contributed by atoms with Crippen molar-refractivity contribution in [2.45, 2.75) is 32.5 Å². The molecule has 152 valence electrons. The number of benzene rings is 1. The van der Waals surface area contributed by atoms with Gasteiger partial charge in [0.1, 0.15) is 11.6 Å². The average molecular weight is 443 g/mol. The highest BCUT2D eigenvalue weighted by Gasteiger charge is 2.34. The van der Waals surface area contributed by atoms with E-state index in [-0.39, 0.29) is 18.0 Å². The predicted molar refractivity (Wildman–Crippen MR) is 106 cm³/mol. The van der Waals surface area contributed by atoms with Crippen LogP contribution in [0, 0.1) is 5.82 Å². The standard InChI is InChI=1S/C19H15ClF4N4S/c1-9(2)18-27-26-17(13-6-14-12(28(13)18)7-15(20)29-14)25-8-10-4-3-5-11(16(10)21)19(22,23)24/h3-7,9H,8H2,1-2H3,(H,25,26). The van der Waals surface area contributed by atoms with Crippen molar-refractivity contribution < 1.29 is 17.6 Å². The Morgan fingerprint density at radius 1 is 1.17 bits per heavy atom. The SMILES string of the molecule is CC(C)c1nnc(NCc2cccc(C(F)(F)F)c2F)c2cc3sc(Cl)cc3n12. The summed E-state index contributed by atoms with van der Waals surface area (Å²) in [5.41, 5.74) is 0.182. The third kappa shape index (κ3) is 3.53. The number of alkyl halides is 3. The summed E-state index contributed by atoms with van der Waals surface area (Å²) >= 11 is 7.53. The first-order valence-electron chi connectivity index (χ1n) is 8.72. The average Bonchev–Trinajstić information content (AvgIpc) is 3.15. The van der Waals surface area contributed by atoms with Crippen molar-refractivity contribution in [3.63, 3.8) is 0 Å². The lowest BCUT2D eigenvalue weighted by Crippen LogP contribution is -2.13. The smallest absolute Gasteiger partial charge is 0.363 e. The minimum atomic E-state index is -4.75. The first-order chi connectivity index (χ1) is 13.7. The number of hydrogen-bond acceptors (Lipinski definition) is 4. The molecule has 0 saturated carbocycles. The molecule has 1 N–H and O–H groups in total. The number of hydrogen-bond donors (Lipinski definition) is 1. The molecule has 4 nitrogen and oxygen atoms in total. The van der Waals surface area contributed by atoms with Gasteiger partial charge in [-0.15, -0.1) is 21.5 Å². The monoisotopic (exact) mass is 442 g/mol. The molecule has 10 heteroatoms. The van der Waals surface area contributed by atoms with Crippen LogP contribution in [0.2, 0.25) is 4.34 Å². The second-order valence-corrected chi connectivity index (χ2v) is 8.57. The van der Waals surface area contributed by atoms with Crippen molar-refractivity contribution in [2.24, 2.45) is 0 Å².